The summed E-state index contributed by atoms with van der Waals surface area (Å²) in [6.07, 6.45) is -4.79. The topological polar surface area (TPSA) is 50.7 Å². The molecule has 2 rings (SSSR count). The van der Waals surface area contributed by atoms with Crippen molar-refractivity contribution in [3.8, 4) is 11.5 Å². The Hall–Kier alpha value is -2.32. The first kappa shape index (κ1) is 22.0. The van der Waals surface area contributed by atoms with Gasteiger partial charge >= 0.3 is 6.18 Å². The highest BCUT2D eigenvalue weighted by molar-refractivity contribution is 5.40. The van der Waals surface area contributed by atoms with Crippen molar-refractivity contribution in [3.05, 3.63) is 58.9 Å². The van der Waals surface area contributed by atoms with Gasteiger partial charge in [0.15, 0.2) is 0 Å². The average Bonchev–Trinajstić information content (AvgIpc) is 2.61. The van der Waals surface area contributed by atoms with Crippen LogP contribution in [0, 0.1) is 5.82 Å². The van der Waals surface area contributed by atoms with Crippen LogP contribution in [-0.2, 0) is 19.3 Å². The van der Waals surface area contributed by atoms with Gasteiger partial charge in [-0.15, -0.1) is 0 Å². The van der Waals surface area contributed by atoms with Crippen LogP contribution in [0.25, 0.3) is 0 Å². The second-order valence-electron chi connectivity index (χ2n) is 6.44. The Kier molecular flexibility index (Phi) is 7.65. The van der Waals surface area contributed by atoms with Crippen molar-refractivity contribution >= 4 is 0 Å². The first-order valence-corrected chi connectivity index (χ1v) is 8.80. The summed E-state index contributed by atoms with van der Waals surface area (Å²) >= 11 is 0. The number of ether oxygens (including phenoxy) is 2. The first-order chi connectivity index (χ1) is 13.2. The zero-order valence-corrected chi connectivity index (χ0v) is 15.6. The molecule has 2 N–H and O–H groups in total. The van der Waals surface area contributed by atoms with Gasteiger partial charge in [-0.25, -0.2) is 4.39 Å². The van der Waals surface area contributed by atoms with Gasteiger partial charge in [-0.1, -0.05) is 6.07 Å². The smallest absolute Gasteiger partial charge is 0.419 e. The standard InChI is InChI=1S/C20H23F4NO3/c1-13(2)28-16-4-6-19(15(10-16)11-25-7-8-26)27-12-14-3-5-18(21)17(9-14)20(22,23)24/h3-6,9-10,13,25-26H,7-8,11-12H2,1-2H3. The van der Waals surface area contributed by atoms with Gasteiger partial charge in [0.05, 0.1) is 18.3 Å². The van der Waals surface area contributed by atoms with E-state index >= 15 is 0 Å². The van der Waals surface area contributed by atoms with Crippen molar-refractivity contribution in [1.29, 1.82) is 0 Å². The molecule has 0 unspecified atom stereocenters. The maximum Gasteiger partial charge on any atom is 0.419 e. The Morgan fingerprint density at radius 2 is 1.86 bits per heavy atom. The van der Waals surface area contributed by atoms with E-state index < -0.39 is 17.6 Å². The van der Waals surface area contributed by atoms with Gasteiger partial charge in [-0.2, -0.15) is 13.2 Å². The average molecular weight is 401 g/mol. The number of benzene rings is 2. The summed E-state index contributed by atoms with van der Waals surface area (Å²) in [6.45, 7) is 4.35. The number of hydrogen-bond acceptors (Lipinski definition) is 4. The fourth-order valence-corrected chi connectivity index (χ4v) is 2.52. The number of hydrogen-bond donors (Lipinski definition) is 2. The third-order valence-corrected chi connectivity index (χ3v) is 3.74. The summed E-state index contributed by atoms with van der Waals surface area (Å²) in [5, 5.41) is 11.9. The highest BCUT2D eigenvalue weighted by Gasteiger charge is 2.34. The normalized spacial score (nSPS) is 11.7. The molecule has 0 amide bonds. The first-order valence-electron chi connectivity index (χ1n) is 8.80. The Labute approximate surface area is 161 Å². The highest BCUT2D eigenvalue weighted by Crippen LogP contribution is 2.32. The van der Waals surface area contributed by atoms with E-state index in [9.17, 15) is 17.6 Å². The number of aliphatic hydroxyl groups excluding tert-OH is 1. The molecule has 0 bridgehead atoms. The molecule has 0 aromatic heterocycles. The van der Waals surface area contributed by atoms with E-state index in [1.54, 1.807) is 18.2 Å². The molecule has 2 aromatic rings. The Balaban J connectivity index is 2.18. The SMILES string of the molecule is CC(C)Oc1ccc(OCc2ccc(F)c(C(F)(F)F)c2)c(CNCCO)c1. The van der Waals surface area contributed by atoms with Gasteiger partial charge in [0.1, 0.15) is 23.9 Å². The van der Waals surface area contributed by atoms with Gasteiger partial charge in [0.2, 0.25) is 0 Å². The van der Waals surface area contributed by atoms with Crippen LogP contribution in [0.4, 0.5) is 17.6 Å². The van der Waals surface area contributed by atoms with Gasteiger partial charge in [0.25, 0.3) is 0 Å². The van der Waals surface area contributed by atoms with E-state index in [0.29, 0.717) is 24.6 Å². The van der Waals surface area contributed by atoms with Crippen molar-refractivity contribution in [1.82, 2.24) is 5.32 Å². The van der Waals surface area contributed by atoms with Crippen LogP contribution in [0.3, 0.4) is 0 Å². The van der Waals surface area contributed by atoms with Crippen LogP contribution in [0.15, 0.2) is 36.4 Å². The minimum Gasteiger partial charge on any atom is -0.491 e. The van der Waals surface area contributed by atoms with Crippen LogP contribution in [-0.4, -0.2) is 24.4 Å². The molecule has 0 fully saturated rings. The van der Waals surface area contributed by atoms with Gasteiger partial charge in [-0.3, -0.25) is 0 Å². The molecule has 0 atom stereocenters. The fourth-order valence-electron chi connectivity index (χ4n) is 2.52. The minimum absolute atomic E-state index is 0.0231. The van der Waals surface area contributed by atoms with Gasteiger partial charge in [-0.05, 0) is 49.7 Å². The number of nitrogens with one attached hydrogen (secondary N) is 1. The molecule has 0 radical (unpaired) electrons. The predicted octanol–water partition coefficient (Wildman–Crippen LogP) is 4.29. The fraction of sp³-hybridized carbons (Fsp3) is 0.400. The van der Waals surface area contributed by atoms with Crippen molar-refractivity contribution in [2.24, 2.45) is 0 Å². The zero-order valence-electron chi connectivity index (χ0n) is 15.6. The second-order valence-corrected chi connectivity index (χ2v) is 6.44. The van der Waals surface area contributed by atoms with Gasteiger partial charge in [0, 0.05) is 18.7 Å². The van der Waals surface area contributed by atoms with Crippen molar-refractivity contribution < 1.29 is 32.1 Å². The van der Waals surface area contributed by atoms with Crippen molar-refractivity contribution in [2.45, 2.75) is 39.3 Å². The summed E-state index contributed by atoms with van der Waals surface area (Å²) < 4.78 is 63.3. The summed E-state index contributed by atoms with van der Waals surface area (Å²) in [5.41, 5.74) is -0.394. The van der Waals surface area contributed by atoms with Crippen LogP contribution >= 0.6 is 0 Å². The molecular formula is C20H23F4NO3. The second kappa shape index (κ2) is 9.75. The van der Waals surface area contributed by atoms with Crippen LogP contribution in [0.1, 0.15) is 30.5 Å². The summed E-state index contributed by atoms with van der Waals surface area (Å²) in [4.78, 5) is 0. The third kappa shape index (κ3) is 6.38. The lowest BCUT2D eigenvalue weighted by Gasteiger charge is -2.16. The van der Waals surface area contributed by atoms with E-state index in [0.717, 1.165) is 17.7 Å². The Morgan fingerprint density at radius 3 is 2.50 bits per heavy atom. The quantitative estimate of drug-likeness (QED) is 0.486. The molecule has 2 aromatic carbocycles. The lowest BCUT2D eigenvalue weighted by atomic mass is 10.1. The monoisotopic (exact) mass is 401 g/mol. The third-order valence-electron chi connectivity index (χ3n) is 3.74. The van der Waals surface area contributed by atoms with E-state index in [1.807, 2.05) is 13.8 Å². The molecule has 28 heavy (non-hydrogen) atoms. The van der Waals surface area contributed by atoms with Crippen LogP contribution in [0.2, 0.25) is 0 Å². The predicted molar refractivity (Wildman–Crippen MR) is 96.7 cm³/mol. The minimum atomic E-state index is -4.77. The number of halogens is 4. The Morgan fingerprint density at radius 1 is 1.11 bits per heavy atom. The molecule has 0 saturated heterocycles. The van der Waals surface area contributed by atoms with E-state index in [4.69, 9.17) is 14.6 Å². The molecule has 154 valence electrons. The maximum atomic E-state index is 13.4. The highest BCUT2D eigenvalue weighted by atomic mass is 19.4. The summed E-state index contributed by atoms with van der Waals surface area (Å²) in [5.74, 6) is -0.232. The number of rotatable bonds is 9. The maximum absolute atomic E-state index is 13.4. The molecule has 0 aliphatic rings. The lowest BCUT2D eigenvalue weighted by Crippen LogP contribution is -2.18. The summed E-state index contributed by atoms with van der Waals surface area (Å²) in [6, 6.07) is 7.93. The largest absolute Gasteiger partial charge is 0.491 e. The number of aliphatic hydroxyl groups is 1. The van der Waals surface area contributed by atoms with Crippen LogP contribution < -0.4 is 14.8 Å². The molecular weight excluding hydrogens is 378 g/mol. The zero-order chi connectivity index (χ0) is 20.7. The van der Waals surface area contributed by atoms with Crippen molar-refractivity contribution in [2.75, 3.05) is 13.2 Å². The van der Waals surface area contributed by atoms with E-state index in [-0.39, 0.29) is 24.9 Å². The number of alkyl halides is 3. The molecule has 0 heterocycles. The Bertz CT molecular complexity index is 779. The molecule has 0 aliphatic carbocycles. The van der Waals surface area contributed by atoms with Crippen molar-refractivity contribution in [3.63, 3.8) is 0 Å². The van der Waals surface area contributed by atoms with E-state index in [2.05, 4.69) is 5.32 Å². The van der Waals surface area contributed by atoms with Gasteiger partial charge < -0.3 is 19.9 Å². The molecule has 0 spiro atoms. The lowest BCUT2D eigenvalue weighted by molar-refractivity contribution is -0.140. The molecule has 4 nitrogen and oxygen atoms in total. The van der Waals surface area contributed by atoms with Crippen LogP contribution in [0.5, 0.6) is 11.5 Å². The molecule has 0 aliphatic heterocycles. The molecule has 0 saturated carbocycles. The van der Waals surface area contributed by atoms with E-state index in [1.165, 1.54) is 6.07 Å². The molecule has 8 heteroatoms. The summed E-state index contributed by atoms with van der Waals surface area (Å²) in [7, 11) is 0.